The van der Waals surface area contributed by atoms with E-state index in [9.17, 15) is 10.2 Å². The van der Waals surface area contributed by atoms with E-state index in [1.165, 1.54) is 0 Å². The van der Waals surface area contributed by atoms with Crippen LogP contribution in [0.3, 0.4) is 0 Å². The van der Waals surface area contributed by atoms with Crippen molar-refractivity contribution in [2.45, 2.75) is 45.8 Å². The maximum atomic E-state index is 10.8. The molecule has 16 heavy (non-hydrogen) atoms. The van der Waals surface area contributed by atoms with E-state index < -0.39 is 17.1 Å². The summed E-state index contributed by atoms with van der Waals surface area (Å²) in [6.45, 7) is 7.56. The van der Waals surface area contributed by atoms with Crippen molar-refractivity contribution in [1.29, 1.82) is 0 Å². The number of aromatic nitrogens is 1. The molecule has 0 aromatic carbocycles. The average molecular weight is 223 g/mol. The van der Waals surface area contributed by atoms with E-state index in [1.807, 2.05) is 33.8 Å². The van der Waals surface area contributed by atoms with Crippen LogP contribution in [0.2, 0.25) is 0 Å². The van der Waals surface area contributed by atoms with Crippen LogP contribution in [0.5, 0.6) is 0 Å². The molecule has 0 aliphatic heterocycles. The Morgan fingerprint density at radius 2 is 1.94 bits per heavy atom. The molecule has 0 radical (unpaired) electrons. The molecule has 3 nitrogen and oxygen atoms in total. The Bertz CT molecular complexity index is 332. The highest BCUT2D eigenvalue weighted by molar-refractivity contribution is 5.18. The van der Waals surface area contributed by atoms with Gasteiger partial charge in [0.25, 0.3) is 0 Å². The van der Waals surface area contributed by atoms with Gasteiger partial charge in [0.05, 0.1) is 11.8 Å². The van der Waals surface area contributed by atoms with Gasteiger partial charge in [0.2, 0.25) is 0 Å². The predicted molar refractivity (Wildman–Crippen MR) is 63.9 cm³/mol. The van der Waals surface area contributed by atoms with Crippen LogP contribution in [-0.2, 0) is 5.60 Å². The molecular weight excluding hydrogens is 202 g/mol. The Kier molecular flexibility index (Phi) is 3.71. The van der Waals surface area contributed by atoms with Crippen molar-refractivity contribution in [3.63, 3.8) is 0 Å². The second-order valence-corrected chi connectivity index (χ2v) is 5.16. The van der Waals surface area contributed by atoms with Crippen LogP contribution in [0.4, 0.5) is 0 Å². The third-order valence-corrected chi connectivity index (χ3v) is 3.07. The van der Waals surface area contributed by atoms with E-state index >= 15 is 0 Å². The molecule has 0 spiro atoms. The number of hydrogen-bond donors (Lipinski definition) is 2. The summed E-state index contributed by atoms with van der Waals surface area (Å²) >= 11 is 0. The quantitative estimate of drug-likeness (QED) is 0.825. The van der Waals surface area contributed by atoms with Crippen molar-refractivity contribution in [3.8, 4) is 0 Å². The number of pyridine rings is 1. The zero-order chi connectivity index (χ0) is 12.4. The first kappa shape index (κ1) is 13.1. The average Bonchev–Trinajstić information content (AvgIpc) is 2.26. The zero-order valence-corrected chi connectivity index (χ0v) is 10.4. The normalized spacial score (nSPS) is 17.9. The molecule has 1 rings (SSSR count). The van der Waals surface area contributed by atoms with Gasteiger partial charge in [-0.3, -0.25) is 4.98 Å². The molecule has 0 aliphatic carbocycles. The monoisotopic (exact) mass is 223 g/mol. The Balaban J connectivity index is 3.26. The molecule has 1 aromatic rings. The van der Waals surface area contributed by atoms with Crippen molar-refractivity contribution in [3.05, 3.63) is 30.1 Å². The first-order chi connectivity index (χ1) is 7.34. The minimum atomic E-state index is -1.32. The summed E-state index contributed by atoms with van der Waals surface area (Å²) in [6.07, 6.45) is 1.31. The van der Waals surface area contributed by atoms with Crippen molar-refractivity contribution in [2.24, 2.45) is 5.41 Å². The molecule has 0 saturated heterocycles. The number of aliphatic hydroxyl groups is 2. The first-order valence-corrected chi connectivity index (χ1v) is 5.66. The van der Waals surface area contributed by atoms with Gasteiger partial charge in [-0.05, 0) is 24.0 Å². The van der Waals surface area contributed by atoms with E-state index in [0.717, 1.165) is 0 Å². The number of hydrogen-bond acceptors (Lipinski definition) is 3. The Morgan fingerprint density at radius 1 is 1.31 bits per heavy atom. The Hall–Kier alpha value is -0.930. The molecule has 0 bridgehead atoms. The van der Waals surface area contributed by atoms with Crippen LogP contribution in [0.15, 0.2) is 24.4 Å². The zero-order valence-electron chi connectivity index (χ0n) is 10.4. The van der Waals surface area contributed by atoms with Gasteiger partial charge < -0.3 is 10.2 Å². The fourth-order valence-electron chi connectivity index (χ4n) is 1.94. The fourth-order valence-corrected chi connectivity index (χ4v) is 1.94. The number of rotatable bonds is 3. The van der Waals surface area contributed by atoms with Crippen LogP contribution in [0.1, 0.15) is 39.8 Å². The SMILES string of the molecule is CC[C@H](O)C(O)(c1ccccn1)C(C)(C)C. The predicted octanol–water partition coefficient (Wildman–Crippen LogP) is 2.09. The van der Waals surface area contributed by atoms with Gasteiger partial charge >= 0.3 is 0 Å². The smallest absolute Gasteiger partial charge is 0.137 e. The van der Waals surface area contributed by atoms with E-state index in [4.69, 9.17) is 0 Å². The van der Waals surface area contributed by atoms with Crippen molar-refractivity contribution < 1.29 is 10.2 Å². The summed E-state index contributed by atoms with van der Waals surface area (Å²) in [6, 6.07) is 5.37. The molecule has 0 saturated carbocycles. The second kappa shape index (κ2) is 4.52. The third-order valence-electron chi connectivity index (χ3n) is 3.07. The molecular formula is C13H21NO2. The van der Waals surface area contributed by atoms with Gasteiger partial charge in [0, 0.05) is 6.20 Å². The molecule has 0 amide bonds. The Morgan fingerprint density at radius 3 is 2.31 bits per heavy atom. The largest absolute Gasteiger partial charge is 0.390 e. The maximum absolute atomic E-state index is 10.8. The van der Waals surface area contributed by atoms with Gasteiger partial charge in [-0.25, -0.2) is 0 Å². The van der Waals surface area contributed by atoms with Gasteiger partial charge in [-0.1, -0.05) is 33.8 Å². The number of aliphatic hydroxyl groups excluding tert-OH is 1. The van der Waals surface area contributed by atoms with E-state index in [-0.39, 0.29) is 0 Å². The number of nitrogens with zero attached hydrogens (tertiary/aromatic N) is 1. The second-order valence-electron chi connectivity index (χ2n) is 5.16. The van der Waals surface area contributed by atoms with Crippen molar-refractivity contribution in [1.82, 2.24) is 4.98 Å². The molecule has 1 unspecified atom stereocenters. The van der Waals surface area contributed by atoms with Gasteiger partial charge in [-0.15, -0.1) is 0 Å². The summed E-state index contributed by atoms with van der Waals surface area (Å²) in [4.78, 5) is 4.18. The van der Waals surface area contributed by atoms with E-state index in [2.05, 4.69) is 4.98 Å². The summed E-state index contributed by atoms with van der Waals surface area (Å²) in [7, 11) is 0. The van der Waals surface area contributed by atoms with Crippen LogP contribution in [0, 0.1) is 5.41 Å². The van der Waals surface area contributed by atoms with Gasteiger partial charge in [0.1, 0.15) is 5.60 Å². The van der Waals surface area contributed by atoms with E-state index in [1.54, 1.807) is 18.3 Å². The van der Waals surface area contributed by atoms with Crippen molar-refractivity contribution >= 4 is 0 Å². The van der Waals surface area contributed by atoms with Crippen LogP contribution in [-0.4, -0.2) is 21.3 Å². The Labute approximate surface area is 97.2 Å². The summed E-state index contributed by atoms with van der Waals surface area (Å²) < 4.78 is 0. The third kappa shape index (κ3) is 2.11. The lowest BCUT2D eigenvalue weighted by molar-refractivity contribution is -0.153. The summed E-state index contributed by atoms with van der Waals surface area (Å²) in [5.41, 5.74) is -1.27. The van der Waals surface area contributed by atoms with Crippen LogP contribution in [0.25, 0.3) is 0 Å². The molecule has 3 heteroatoms. The molecule has 0 fully saturated rings. The standard InChI is InChI=1S/C13H21NO2/c1-5-11(15)13(16,12(2,3)4)10-8-6-7-9-14-10/h6-9,11,15-16H,5H2,1-4H3/t11-,13?/m0/s1. The minimum absolute atomic E-state index is 0.475. The molecule has 1 aromatic heterocycles. The fraction of sp³-hybridized carbons (Fsp3) is 0.615. The minimum Gasteiger partial charge on any atom is -0.390 e. The molecule has 2 N–H and O–H groups in total. The molecule has 90 valence electrons. The molecule has 2 atom stereocenters. The highest BCUT2D eigenvalue weighted by atomic mass is 16.3. The van der Waals surface area contributed by atoms with Crippen LogP contribution < -0.4 is 0 Å². The summed E-state index contributed by atoms with van der Waals surface area (Å²) in [5, 5.41) is 20.9. The van der Waals surface area contributed by atoms with Gasteiger partial charge in [-0.2, -0.15) is 0 Å². The highest BCUT2D eigenvalue weighted by Gasteiger charge is 2.47. The molecule has 1 heterocycles. The van der Waals surface area contributed by atoms with Crippen molar-refractivity contribution in [2.75, 3.05) is 0 Å². The lowest BCUT2D eigenvalue weighted by Crippen LogP contribution is -2.50. The van der Waals surface area contributed by atoms with Crippen LogP contribution >= 0.6 is 0 Å². The topological polar surface area (TPSA) is 53.4 Å². The molecule has 0 aliphatic rings. The maximum Gasteiger partial charge on any atom is 0.137 e. The first-order valence-electron chi connectivity index (χ1n) is 5.66. The van der Waals surface area contributed by atoms with Gasteiger partial charge in [0.15, 0.2) is 0 Å². The summed E-state index contributed by atoms with van der Waals surface area (Å²) in [5.74, 6) is 0. The lowest BCUT2D eigenvalue weighted by atomic mass is 9.70. The highest BCUT2D eigenvalue weighted by Crippen LogP contribution is 2.41. The lowest BCUT2D eigenvalue weighted by Gasteiger charge is -2.43. The van der Waals surface area contributed by atoms with E-state index in [0.29, 0.717) is 12.1 Å².